The second-order valence-corrected chi connectivity index (χ2v) is 3.51. The van der Waals surface area contributed by atoms with E-state index in [1.165, 1.54) is 24.8 Å². The summed E-state index contributed by atoms with van der Waals surface area (Å²) < 4.78 is 0. The van der Waals surface area contributed by atoms with E-state index >= 15 is 0 Å². The van der Waals surface area contributed by atoms with Gasteiger partial charge in [-0.25, -0.2) is 0 Å². The number of allylic oxidation sites excluding steroid dienone is 1. The molecule has 0 aliphatic carbocycles. The molecule has 0 aromatic carbocycles. The molecule has 0 bridgehead atoms. The van der Waals surface area contributed by atoms with Crippen molar-refractivity contribution >= 4 is 0 Å². The third-order valence-corrected chi connectivity index (χ3v) is 2.42. The highest BCUT2D eigenvalue weighted by Gasteiger charge is 2.02. The fourth-order valence-corrected chi connectivity index (χ4v) is 1.45. The van der Waals surface area contributed by atoms with E-state index in [1.54, 1.807) is 0 Å². The highest BCUT2D eigenvalue weighted by molar-refractivity contribution is 4.99. The van der Waals surface area contributed by atoms with Crippen molar-refractivity contribution in [3.05, 3.63) is 11.6 Å². The standard InChI is InChI=1S/C11H23N/c1-4-11(5-2)9-10(3)7-6-8-12/h7,11H,4-6,8-9,12H2,1-3H3. The lowest BCUT2D eigenvalue weighted by molar-refractivity contribution is 0.488. The molecule has 0 radical (unpaired) electrons. The molecule has 1 nitrogen and oxygen atoms in total. The zero-order valence-electron chi connectivity index (χ0n) is 8.77. The molecule has 72 valence electrons. The predicted octanol–water partition coefficient (Wildman–Crippen LogP) is 3.11. The zero-order chi connectivity index (χ0) is 9.40. The van der Waals surface area contributed by atoms with Crippen LogP contribution in [0.3, 0.4) is 0 Å². The van der Waals surface area contributed by atoms with Crippen LogP contribution >= 0.6 is 0 Å². The Hall–Kier alpha value is -0.300. The Morgan fingerprint density at radius 2 is 1.92 bits per heavy atom. The second-order valence-electron chi connectivity index (χ2n) is 3.51. The van der Waals surface area contributed by atoms with Gasteiger partial charge in [0.1, 0.15) is 0 Å². The Labute approximate surface area is 77.0 Å². The van der Waals surface area contributed by atoms with Gasteiger partial charge in [0.15, 0.2) is 0 Å². The maximum atomic E-state index is 5.43. The molecule has 2 N–H and O–H groups in total. The third-order valence-electron chi connectivity index (χ3n) is 2.42. The van der Waals surface area contributed by atoms with E-state index in [9.17, 15) is 0 Å². The van der Waals surface area contributed by atoms with Crippen molar-refractivity contribution in [2.45, 2.75) is 46.5 Å². The van der Waals surface area contributed by atoms with Gasteiger partial charge in [-0.2, -0.15) is 0 Å². The average Bonchev–Trinajstić information content (AvgIpc) is 2.10. The highest BCUT2D eigenvalue weighted by atomic mass is 14.5. The van der Waals surface area contributed by atoms with Crippen molar-refractivity contribution in [3.63, 3.8) is 0 Å². The van der Waals surface area contributed by atoms with Gasteiger partial charge in [-0.3, -0.25) is 0 Å². The van der Waals surface area contributed by atoms with Crippen LogP contribution in [0.5, 0.6) is 0 Å². The molecular weight excluding hydrogens is 146 g/mol. The van der Waals surface area contributed by atoms with Crippen molar-refractivity contribution in [1.82, 2.24) is 0 Å². The van der Waals surface area contributed by atoms with Gasteiger partial charge in [0.05, 0.1) is 0 Å². The van der Waals surface area contributed by atoms with E-state index < -0.39 is 0 Å². The Morgan fingerprint density at radius 1 is 1.33 bits per heavy atom. The van der Waals surface area contributed by atoms with E-state index in [0.29, 0.717) is 0 Å². The van der Waals surface area contributed by atoms with Crippen molar-refractivity contribution < 1.29 is 0 Å². The van der Waals surface area contributed by atoms with Gasteiger partial charge in [0.2, 0.25) is 0 Å². The van der Waals surface area contributed by atoms with Gasteiger partial charge in [0, 0.05) is 0 Å². The minimum absolute atomic E-state index is 0.778. The van der Waals surface area contributed by atoms with Crippen LogP contribution in [-0.4, -0.2) is 6.54 Å². The fourth-order valence-electron chi connectivity index (χ4n) is 1.45. The quantitative estimate of drug-likeness (QED) is 0.607. The first-order valence-electron chi connectivity index (χ1n) is 5.10. The highest BCUT2D eigenvalue weighted by Crippen LogP contribution is 2.17. The van der Waals surface area contributed by atoms with Crippen LogP contribution in [-0.2, 0) is 0 Å². The van der Waals surface area contributed by atoms with Gasteiger partial charge in [-0.05, 0) is 32.2 Å². The summed E-state index contributed by atoms with van der Waals surface area (Å²) in [5.41, 5.74) is 6.94. The largest absolute Gasteiger partial charge is 0.330 e. The summed E-state index contributed by atoms with van der Waals surface area (Å²) >= 11 is 0. The normalized spacial score (nSPS) is 12.6. The van der Waals surface area contributed by atoms with Crippen molar-refractivity contribution in [3.8, 4) is 0 Å². The first-order chi connectivity index (χ1) is 5.74. The molecular formula is C11H23N. The van der Waals surface area contributed by atoms with Gasteiger partial charge in [-0.1, -0.05) is 38.3 Å². The summed E-state index contributed by atoms with van der Waals surface area (Å²) in [6.45, 7) is 7.53. The van der Waals surface area contributed by atoms with E-state index in [2.05, 4.69) is 26.8 Å². The maximum absolute atomic E-state index is 5.43. The molecule has 0 fully saturated rings. The smallest absolute Gasteiger partial charge is 0.00425 e. The summed E-state index contributed by atoms with van der Waals surface area (Å²) in [4.78, 5) is 0. The maximum Gasteiger partial charge on any atom is -0.00425 e. The van der Waals surface area contributed by atoms with Gasteiger partial charge >= 0.3 is 0 Å². The molecule has 0 rings (SSSR count). The minimum Gasteiger partial charge on any atom is -0.330 e. The first-order valence-corrected chi connectivity index (χ1v) is 5.10. The number of rotatable bonds is 6. The van der Waals surface area contributed by atoms with Crippen LogP contribution in [0.1, 0.15) is 46.5 Å². The van der Waals surface area contributed by atoms with Crippen molar-refractivity contribution in [2.24, 2.45) is 11.7 Å². The van der Waals surface area contributed by atoms with Crippen LogP contribution in [0.25, 0.3) is 0 Å². The van der Waals surface area contributed by atoms with E-state index in [0.717, 1.165) is 18.9 Å². The monoisotopic (exact) mass is 169 g/mol. The third kappa shape index (κ3) is 5.36. The van der Waals surface area contributed by atoms with Gasteiger partial charge < -0.3 is 5.73 Å². The van der Waals surface area contributed by atoms with E-state index in [-0.39, 0.29) is 0 Å². The van der Waals surface area contributed by atoms with Crippen LogP contribution < -0.4 is 5.73 Å². The molecule has 12 heavy (non-hydrogen) atoms. The molecule has 0 aliphatic rings. The Kier molecular flexibility index (Phi) is 7.17. The first kappa shape index (κ1) is 11.7. The summed E-state index contributed by atoms with van der Waals surface area (Å²) in [6.07, 6.45) is 7.16. The lowest BCUT2D eigenvalue weighted by atomic mass is 9.95. The molecule has 0 amide bonds. The minimum atomic E-state index is 0.778. The Morgan fingerprint density at radius 3 is 2.33 bits per heavy atom. The van der Waals surface area contributed by atoms with Crippen molar-refractivity contribution in [1.29, 1.82) is 0 Å². The van der Waals surface area contributed by atoms with Crippen LogP contribution in [0.4, 0.5) is 0 Å². The summed E-state index contributed by atoms with van der Waals surface area (Å²) in [7, 11) is 0. The number of hydrogen-bond acceptors (Lipinski definition) is 1. The Balaban J connectivity index is 3.71. The van der Waals surface area contributed by atoms with E-state index in [4.69, 9.17) is 5.73 Å². The summed E-state index contributed by atoms with van der Waals surface area (Å²) in [6, 6.07) is 0. The summed E-state index contributed by atoms with van der Waals surface area (Å²) in [5.74, 6) is 0.874. The second kappa shape index (κ2) is 7.35. The van der Waals surface area contributed by atoms with E-state index in [1.807, 2.05) is 0 Å². The molecule has 0 saturated heterocycles. The van der Waals surface area contributed by atoms with Crippen LogP contribution in [0.2, 0.25) is 0 Å². The molecule has 1 heteroatoms. The topological polar surface area (TPSA) is 26.0 Å². The zero-order valence-corrected chi connectivity index (χ0v) is 8.77. The lowest BCUT2D eigenvalue weighted by Gasteiger charge is -2.11. The SMILES string of the molecule is CCC(CC)CC(C)=CCCN. The van der Waals surface area contributed by atoms with Gasteiger partial charge in [0.25, 0.3) is 0 Å². The number of hydrogen-bond donors (Lipinski definition) is 1. The molecule has 0 aliphatic heterocycles. The summed E-state index contributed by atoms with van der Waals surface area (Å²) in [5, 5.41) is 0. The van der Waals surface area contributed by atoms with Crippen LogP contribution in [0, 0.1) is 5.92 Å². The molecule has 0 spiro atoms. The fraction of sp³-hybridized carbons (Fsp3) is 0.818. The van der Waals surface area contributed by atoms with Gasteiger partial charge in [-0.15, -0.1) is 0 Å². The number of nitrogens with two attached hydrogens (primary N) is 1. The predicted molar refractivity (Wildman–Crippen MR) is 56.1 cm³/mol. The molecule has 0 unspecified atom stereocenters. The average molecular weight is 169 g/mol. The molecule has 0 atom stereocenters. The molecule has 0 saturated carbocycles. The molecule has 0 heterocycles. The molecule has 0 aromatic rings. The van der Waals surface area contributed by atoms with Crippen molar-refractivity contribution in [2.75, 3.05) is 6.54 Å². The van der Waals surface area contributed by atoms with Crippen LogP contribution in [0.15, 0.2) is 11.6 Å². The lowest BCUT2D eigenvalue weighted by Crippen LogP contribution is -1.99. The Bertz CT molecular complexity index is 123. The molecule has 0 aromatic heterocycles.